The summed E-state index contributed by atoms with van der Waals surface area (Å²) in [4.78, 5) is 18.8. The van der Waals surface area contributed by atoms with Crippen molar-refractivity contribution in [3.05, 3.63) is 52.0 Å². The molecule has 5 heteroatoms. The summed E-state index contributed by atoms with van der Waals surface area (Å²) in [6.07, 6.45) is 2.18. The zero-order valence-corrected chi connectivity index (χ0v) is 12.0. The van der Waals surface area contributed by atoms with Gasteiger partial charge in [0.15, 0.2) is 0 Å². The van der Waals surface area contributed by atoms with Gasteiger partial charge in [-0.3, -0.25) is 4.79 Å². The number of hydrogen-bond acceptors (Lipinski definition) is 4. The molecule has 1 saturated carbocycles. The monoisotopic (exact) mass is 287 g/mol. The molecular weight excluding hydrogens is 270 g/mol. The fraction of sp³-hybridized carbons (Fsp3) is 0.333. The van der Waals surface area contributed by atoms with Crippen LogP contribution in [0.15, 0.2) is 35.7 Å². The molecule has 1 aliphatic rings. The lowest BCUT2D eigenvalue weighted by molar-refractivity contribution is 0.0724. The van der Waals surface area contributed by atoms with Crippen LogP contribution in [0, 0.1) is 0 Å². The van der Waals surface area contributed by atoms with Gasteiger partial charge in [-0.2, -0.15) is 0 Å². The molecular formula is C15H17N3OS. The summed E-state index contributed by atoms with van der Waals surface area (Å²) < 4.78 is 0. The van der Waals surface area contributed by atoms with Crippen LogP contribution in [0.1, 0.15) is 33.9 Å². The van der Waals surface area contributed by atoms with Crippen molar-refractivity contribution in [1.29, 1.82) is 0 Å². The molecule has 1 aromatic carbocycles. The molecule has 1 aromatic heterocycles. The normalized spacial score (nSPS) is 14.2. The molecule has 20 heavy (non-hydrogen) atoms. The first-order chi connectivity index (χ1) is 9.78. The summed E-state index contributed by atoms with van der Waals surface area (Å²) in [7, 11) is 0. The predicted molar refractivity (Wildman–Crippen MR) is 79.3 cm³/mol. The van der Waals surface area contributed by atoms with Gasteiger partial charge in [0.2, 0.25) is 0 Å². The first-order valence-electron chi connectivity index (χ1n) is 6.77. The van der Waals surface area contributed by atoms with Gasteiger partial charge in [-0.05, 0) is 18.4 Å². The number of nitrogens with zero attached hydrogens (tertiary/aromatic N) is 2. The van der Waals surface area contributed by atoms with Crippen molar-refractivity contribution in [2.75, 3.05) is 0 Å². The van der Waals surface area contributed by atoms with Crippen LogP contribution in [-0.2, 0) is 13.1 Å². The Labute approximate surface area is 122 Å². The fourth-order valence-electron chi connectivity index (χ4n) is 2.18. The van der Waals surface area contributed by atoms with Crippen molar-refractivity contribution in [2.45, 2.75) is 32.0 Å². The van der Waals surface area contributed by atoms with E-state index in [9.17, 15) is 4.79 Å². The van der Waals surface area contributed by atoms with Gasteiger partial charge in [0.25, 0.3) is 5.91 Å². The second kappa shape index (κ2) is 5.73. The number of benzene rings is 1. The summed E-state index contributed by atoms with van der Waals surface area (Å²) in [6.45, 7) is 1.04. The molecule has 0 bridgehead atoms. The largest absolute Gasteiger partial charge is 0.330 e. The van der Waals surface area contributed by atoms with Crippen LogP contribution < -0.4 is 5.73 Å². The topological polar surface area (TPSA) is 59.2 Å². The number of carbonyl (C=O) groups is 1. The Balaban J connectivity index is 1.78. The molecule has 1 amide bonds. The van der Waals surface area contributed by atoms with Crippen molar-refractivity contribution in [2.24, 2.45) is 5.73 Å². The van der Waals surface area contributed by atoms with Crippen LogP contribution in [-0.4, -0.2) is 21.8 Å². The van der Waals surface area contributed by atoms with Gasteiger partial charge in [-0.25, -0.2) is 4.98 Å². The summed E-state index contributed by atoms with van der Waals surface area (Å²) in [5.41, 5.74) is 7.24. The Morgan fingerprint density at radius 3 is 2.70 bits per heavy atom. The molecule has 1 heterocycles. The van der Waals surface area contributed by atoms with Gasteiger partial charge in [0, 0.05) is 24.5 Å². The Hall–Kier alpha value is -1.72. The molecule has 1 fully saturated rings. The van der Waals surface area contributed by atoms with E-state index in [1.54, 1.807) is 0 Å². The van der Waals surface area contributed by atoms with E-state index in [0.717, 1.165) is 23.4 Å². The zero-order chi connectivity index (χ0) is 13.9. The third-order valence-corrected chi connectivity index (χ3v) is 4.26. The van der Waals surface area contributed by atoms with Crippen LogP contribution in [0.2, 0.25) is 0 Å². The maximum absolute atomic E-state index is 12.6. The number of carbonyl (C=O) groups excluding carboxylic acids is 1. The quantitative estimate of drug-likeness (QED) is 0.918. The third kappa shape index (κ3) is 2.89. The second-order valence-corrected chi connectivity index (χ2v) is 5.92. The lowest BCUT2D eigenvalue weighted by Gasteiger charge is -2.21. The number of aromatic nitrogens is 1. The van der Waals surface area contributed by atoms with Crippen LogP contribution in [0.5, 0.6) is 0 Å². The Kier molecular flexibility index (Phi) is 3.80. The van der Waals surface area contributed by atoms with E-state index in [0.29, 0.717) is 24.8 Å². The molecule has 0 spiro atoms. The highest BCUT2D eigenvalue weighted by Gasteiger charge is 2.33. The number of rotatable bonds is 5. The molecule has 0 aliphatic heterocycles. The van der Waals surface area contributed by atoms with Crippen molar-refractivity contribution >= 4 is 17.2 Å². The van der Waals surface area contributed by atoms with Crippen molar-refractivity contribution in [3.8, 4) is 0 Å². The van der Waals surface area contributed by atoms with Gasteiger partial charge in [0.1, 0.15) is 10.7 Å². The molecule has 4 nitrogen and oxygen atoms in total. The third-order valence-electron chi connectivity index (χ3n) is 3.39. The zero-order valence-electron chi connectivity index (χ0n) is 11.2. The SMILES string of the molecule is NCc1nc(C(=O)N(Cc2ccccc2)C2CC2)cs1. The van der Waals surface area contributed by atoms with Crippen LogP contribution >= 0.6 is 11.3 Å². The minimum atomic E-state index is 0.0207. The highest BCUT2D eigenvalue weighted by atomic mass is 32.1. The number of hydrogen-bond donors (Lipinski definition) is 1. The minimum absolute atomic E-state index is 0.0207. The van der Waals surface area contributed by atoms with Gasteiger partial charge in [0.05, 0.1) is 0 Å². The van der Waals surface area contributed by atoms with Gasteiger partial charge in [-0.15, -0.1) is 11.3 Å². The number of thiazole rings is 1. The summed E-state index contributed by atoms with van der Waals surface area (Å²) >= 11 is 1.45. The van der Waals surface area contributed by atoms with Gasteiger partial charge >= 0.3 is 0 Å². The van der Waals surface area contributed by atoms with E-state index in [1.807, 2.05) is 28.5 Å². The van der Waals surface area contributed by atoms with E-state index < -0.39 is 0 Å². The molecule has 3 rings (SSSR count). The standard InChI is InChI=1S/C15H17N3OS/c16-8-14-17-13(10-20-14)15(19)18(12-6-7-12)9-11-4-2-1-3-5-11/h1-5,10,12H,6-9,16H2. The van der Waals surface area contributed by atoms with E-state index in [-0.39, 0.29) is 5.91 Å². The average Bonchev–Trinajstić information content (AvgIpc) is 3.21. The van der Waals surface area contributed by atoms with Crippen molar-refractivity contribution in [1.82, 2.24) is 9.88 Å². The summed E-state index contributed by atoms with van der Waals surface area (Å²) in [5, 5.41) is 2.62. The van der Waals surface area contributed by atoms with E-state index >= 15 is 0 Å². The molecule has 0 radical (unpaired) electrons. The molecule has 0 unspecified atom stereocenters. The van der Waals surface area contributed by atoms with E-state index in [2.05, 4.69) is 17.1 Å². The number of amides is 1. The minimum Gasteiger partial charge on any atom is -0.330 e. The van der Waals surface area contributed by atoms with Crippen molar-refractivity contribution < 1.29 is 4.79 Å². The van der Waals surface area contributed by atoms with E-state index in [4.69, 9.17) is 5.73 Å². The van der Waals surface area contributed by atoms with Crippen molar-refractivity contribution in [3.63, 3.8) is 0 Å². The highest BCUT2D eigenvalue weighted by molar-refractivity contribution is 7.09. The molecule has 0 saturated heterocycles. The van der Waals surface area contributed by atoms with E-state index in [1.165, 1.54) is 11.3 Å². The number of nitrogens with two attached hydrogens (primary N) is 1. The first kappa shape index (κ1) is 13.3. The summed E-state index contributed by atoms with van der Waals surface area (Å²) in [5.74, 6) is 0.0207. The molecule has 2 aromatic rings. The molecule has 2 N–H and O–H groups in total. The van der Waals surface area contributed by atoms with Crippen LogP contribution in [0.3, 0.4) is 0 Å². The Bertz CT molecular complexity index is 592. The highest BCUT2D eigenvalue weighted by Crippen LogP contribution is 2.30. The lowest BCUT2D eigenvalue weighted by Crippen LogP contribution is -2.32. The Morgan fingerprint density at radius 2 is 2.10 bits per heavy atom. The van der Waals surface area contributed by atoms with Gasteiger partial charge in [-0.1, -0.05) is 30.3 Å². The molecule has 104 valence electrons. The Morgan fingerprint density at radius 1 is 1.35 bits per heavy atom. The van der Waals surface area contributed by atoms with Gasteiger partial charge < -0.3 is 10.6 Å². The molecule has 1 aliphatic carbocycles. The lowest BCUT2D eigenvalue weighted by atomic mass is 10.2. The average molecular weight is 287 g/mol. The maximum atomic E-state index is 12.6. The van der Waals surface area contributed by atoms with Crippen LogP contribution in [0.25, 0.3) is 0 Å². The molecule has 0 atom stereocenters. The summed E-state index contributed by atoms with van der Waals surface area (Å²) in [6, 6.07) is 10.5. The fourth-order valence-corrected chi connectivity index (χ4v) is 2.83. The van der Waals surface area contributed by atoms with Crippen LogP contribution in [0.4, 0.5) is 0 Å². The second-order valence-electron chi connectivity index (χ2n) is 4.98. The first-order valence-corrected chi connectivity index (χ1v) is 7.65. The predicted octanol–water partition coefficient (Wildman–Crippen LogP) is 2.41. The smallest absolute Gasteiger partial charge is 0.273 e. The maximum Gasteiger partial charge on any atom is 0.273 e.